The number of methoxy groups -OCH3 is 2. The van der Waals surface area contributed by atoms with Gasteiger partial charge >= 0.3 is 0 Å². The number of aryl methyl sites for hydroxylation is 2. The molecule has 0 amide bonds. The van der Waals surface area contributed by atoms with Crippen LogP contribution in [-0.2, 0) is 12.8 Å². The zero-order valence-corrected chi connectivity index (χ0v) is 12.7. The quantitative estimate of drug-likeness (QED) is 0.729. The molecule has 0 aliphatic rings. The van der Waals surface area contributed by atoms with Crippen LogP contribution in [0.25, 0.3) is 0 Å². The molecule has 1 rings (SSSR count). The lowest BCUT2D eigenvalue weighted by atomic mass is 10.1. The molecular formula is C12H16Br2O2. The zero-order chi connectivity index (χ0) is 12.0. The molecule has 1 aromatic carbocycles. The van der Waals surface area contributed by atoms with Crippen molar-refractivity contribution in [2.45, 2.75) is 12.8 Å². The minimum atomic E-state index is 0.921. The van der Waals surface area contributed by atoms with Gasteiger partial charge in [-0.1, -0.05) is 31.9 Å². The summed E-state index contributed by atoms with van der Waals surface area (Å²) in [4.78, 5) is 0. The van der Waals surface area contributed by atoms with E-state index in [1.807, 2.05) is 0 Å². The van der Waals surface area contributed by atoms with Crippen molar-refractivity contribution >= 4 is 31.9 Å². The highest BCUT2D eigenvalue weighted by molar-refractivity contribution is 9.09. The Morgan fingerprint density at radius 1 is 0.875 bits per heavy atom. The van der Waals surface area contributed by atoms with Crippen molar-refractivity contribution in [3.05, 3.63) is 23.3 Å². The predicted octanol–water partition coefficient (Wildman–Crippen LogP) is 3.58. The third-order valence-electron chi connectivity index (χ3n) is 2.41. The number of benzene rings is 1. The maximum atomic E-state index is 5.39. The summed E-state index contributed by atoms with van der Waals surface area (Å²) >= 11 is 6.88. The van der Waals surface area contributed by atoms with Crippen LogP contribution in [0.3, 0.4) is 0 Å². The fourth-order valence-corrected chi connectivity index (χ4v) is 2.47. The van der Waals surface area contributed by atoms with Crippen LogP contribution in [0.4, 0.5) is 0 Å². The van der Waals surface area contributed by atoms with Gasteiger partial charge in [0.15, 0.2) is 0 Å². The first-order chi connectivity index (χ1) is 7.76. The molecule has 1 aromatic rings. The smallest absolute Gasteiger partial charge is 0.122 e. The van der Waals surface area contributed by atoms with E-state index in [1.165, 1.54) is 11.1 Å². The molecule has 0 saturated carbocycles. The average Bonchev–Trinajstić information content (AvgIpc) is 2.31. The highest BCUT2D eigenvalue weighted by atomic mass is 79.9. The topological polar surface area (TPSA) is 18.5 Å². The van der Waals surface area contributed by atoms with E-state index < -0.39 is 0 Å². The van der Waals surface area contributed by atoms with Crippen LogP contribution in [0.15, 0.2) is 12.1 Å². The van der Waals surface area contributed by atoms with Crippen molar-refractivity contribution in [1.29, 1.82) is 0 Å². The molecule has 0 aromatic heterocycles. The van der Waals surface area contributed by atoms with Crippen LogP contribution in [0.1, 0.15) is 11.1 Å². The van der Waals surface area contributed by atoms with Crippen LogP contribution in [0, 0.1) is 0 Å². The molecule has 0 radical (unpaired) electrons. The lowest BCUT2D eigenvalue weighted by Crippen LogP contribution is -1.99. The molecule has 4 heteroatoms. The van der Waals surface area contributed by atoms with E-state index >= 15 is 0 Å². The molecule has 0 saturated heterocycles. The summed E-state index contributed by atoms with van der Waals surface area (Å²) in [6.45, 7) is 0. The molecule has 2 nitrogen and oxygen atoms in total. The molecule has 0 atom stereocenters. The Hall–Kier alpha value is -0.220. The number of halogens is 2. The Morgan fingerprint density at radius 2 is 1.25 bits per heavy atom. The first kappa shape index (κ1) is 13.8. The predicted molar refractivity (Wildman–Crippen MR) is 74.5 cm³/mol. The van der Waals surface area contributed by atoms with E-state index in [1.54, 1.807) is 14.2 Å². The Morgan fingerprint density at radius 3 is 1.50 bits per heavy atom. The zero-order valence-electron chi connectivity index (χ0n) is 9.56. The number of alkyl halides is 2. The largest absolute Gasteiger partial charge is 0.496 e. The van der Waals surface area contributed by atoms with Gasteiger partial charge in [-0.15, -0.1) is 0 Å². The maximum absolute atomic E-state index is 5.39. The van der Waals surface area contributed by atoms with Gasteiger partial charge in [-0.25, -0.2) is 0 Å². The second-order valence-electron chi connectivity index (χ2n) is 3.35. The normalized spacial score (nSPS) is 10.2. The molecule has 0 fully saturated rings. The summed E-state index contributed by atoms with van der Waals surface area (Å²) in [5.41, 5.74) is 2.35. The number of rotatable bonds is 6. The van der Waals surface area contributed by atoms with Crippen molar-refractivity contribution in [2.75, 3.05) is 24.9 Å². The van der Waals surface area contributed by atoms with Crippen LogP contribution < -0.4 is 9.47 Å². The van der Waals surface area contributed by atoms with Gasteiger partial charge in [-0.3, -0.25) is 0 Å². The van der Waals surface area contributed by atoms with E-state index in [0.29, 0.717) is 0 Å². The van der Waals surface area contributed by atoms with Gasteiger partial charge in [0.1, 0.15) is 11.5 Å². The molecule has 0 aliphatic carbocycles. The van der Waals surface area contributed by atoms with E-state index in [9.17, 15) is 0 Å². The monoisotopic (exact) mass is 350 g/mol. The summed E-state index contributed by atoms with van der Waals surface area (Å²) in [7, 11) is 3.41. The first-order valence-electron chi connectivity index (χ1n) is 5.12. The van der Waals surface area contributed by atoms with Crippen molar-refractivity contribution in [1.82, 2.24) is 0 Å². The molecule has 0 aliphatic heterocycles. The SMILES string of the molecule is COc1cc(CCBr)c(OC)cc1CCBr. The molecule has 0 N–H and O–H groups in total. The number of hydrogen-bond donors (Lipinski definition) is 0. The highest BCUT2D eigenvalue weighted by Crippen LogP contribution is 2.30. The number of hydrogen-bond acceptors (Lipinski definition) is 2. The molecule has 0 unspecified atom stereocenters. The van der Waals surface area contributed by atoms with Gasteiger partial charge in [0.25, 0.3) is 0 Å². The lowest BCUT2D eigenvalue weighted by molar-refractivity contribution is 0.395. The van der Waals surface area contributed by atoms with Crippen LogP contribution >= 0.6 is 31.9 Å². The van der Waals surface area contributed by atoms with Crippen molar-refractivity contribution in [2.24, 2.45) is 0 Å². The Balaban J connectivity index is 3.11. The lowest BCUT2D eigenvalue weighted by Gasteiger charge is -2.13. The molecule has 90 valence electrons. The summed E-state index contributed by atoms with van der Waals surface area (Å²) in [5.74, 6) is 1.88. The van der Waals surface area contributed by atoms with Crippen molar-refractivity contribution < 1.29 is 9.47 Å². The second-order valence-corrected chi connectivity index (χ2v) is 4.94. The van der Waals surface area contributed by atoms with Gasteiger partial charge in [0.2, 0.25) is 0 Å². The molecule has 0 heterocycles. The van der Waals surface area contributed by atoms with Crippen LogP contribution in [0.2, 0.25) is 0 Å². The Kier molecular flexibility index (Phi) is 6.21. The Bertz CT molecular complexity index is 306. The molecule has 0 bridgehead atoms. The van der Waals surface area contributed by atoms with Gasteiger partial charge in [0, 0.05) is 10.7 Å². The third-order valence-corrected chi connectivity index (χ3v) is 3.20. The van der Waals surface area contributed by atoms with Gasteiger partial charge in [-0.05, 0) is 36.1 Å². The molecule has 16 heavy (non-hydrogen) atoms. The summed E-state index contributed by atoms with van der Waals surface area (Å²) in [5, 5.41) is 1.84. The molecule has 0 spiro atoms. The van der Waals surface area contributed by atoms with E-state index in [0.717, 1.165) is 35.0 Å². The minimum Gasteiger partial charge on any atom is -0.496 e. The van der Waals surface area contributed by atoms with Crippen LogP contribution in [0.5, 0.6) is 11.5 Å². The maximum Gasteiger partial charge on any atom is 0.122 e. The van der Waals surface area contributed by atoms with Gasteiger partial charge in [-0.2, -0.15) is 0 Å². The summed E-state index contributed by atoms with van der Waals surface area (Å²) in [6.07, 6.45) is 1.88. The summed E-state index contributed by atoms with van der Waals surface area (Å²) in [6, 6.07) is 4.14. The average molecular weight is 352 g/mol. The van der Waals surface area contributed by atoms with E-state index in [2.05, 4.69) is 44.0 Å². The second kappa shape index (κ2) is 7.17. The van der Waals surface area contributed by atoms with Gasteiger partial charge < -0.3 is 9.47 Å². The van der Waals surface area contributed by atoms with Crippen LogP contribution in [-0.4, -0.2) is 24.9 Å². The standard InChI is InChI=1S/C12H16Br2O2/c1-15-11-7-10(4-6-14)12(16-2)8-9(11)3-5-13/h7-8H,3-6H2,1-2H3. The summed E-state index contributed by atoms with van der Waals surface area (Å²) < 4.78 is 10.8. The van der Waals surface area contributed by atoms with Crippen molar-refractivity contribution in [3.8, 4) is 11.5 Å². The minimum absolute atomic E-state index is 0.921. The fraction of sp³-hybridized carbons (Fsp3) is 0.500. The molecular weight excluding hydrogens is 336 g/mol. The third kappa shape index (κ3) is 3.39. The number of ether oxygens (including phenoxy) is 2. The van der Waals surface area contributed by atoms with Crippen molar-refractivity contribution in [3.63, 3.8) is 0 Å². The highest BCUT2D eigenvalue weighted by Gasteiger charge is 2.10. The Labute approximate surface area is 114 Å². The first-order valence-corrected chi connectivity index (χ1v) is 7.36. The van der Waals surface area contributed by atoms with Gasteiger partial charge in [0.05, 0.1) is 14.2 Å². The van der Waals surface area contributed by atoms with E-state index in [4.69, 9.17) is 9.47 Å². The fourth-order valence-electron chi connectivity index (χ4n) is 1.62. The van der Waals surface area contributed by atoms with E-state index in [-0.39, 0.29) is 0 Å².